The van der Waals surface area contributed by atoms with Crippen LogP contribution in [0.5, 0.6) is 0 Å². The summed E-state index contributed by atoms with van der Waals surface area (Å²) in [5, 5.41) is 3.30. The molecule has 0 spiro atoms. The van der Waals surface area contributed by atoms with E-state index in [1.165, 1.54) is 0 Å². The van der Waals surface area contributed by atoms with Crippen molar-refractivity contribution in [1.82, 2.24) is 15.3 Å². The molecule has 0 saturated heterocycles. The fraction of sp³-hybridized carbons (Fsp3) is 0.417. The zero-order valence-electron chi connectivity index (χ0n) is 9.83. The normalized spacial score (nSPS) is 10.9. The Hall–Kier alpha value is -1.55. The minimum atomic E-state index is 0.930. The van der Waals surface area contributed by atoms with Crippen LogP contribution in [0.3, 0.4) is 0 Å². The molecule has 1 aromatic heterocycles. The summed E-state index contributed by atoms with van der Waals surface area (Å²) in [5.74, 6) is 0.930. The molecule has 0 saturated carbocycles. The highest BCUT2D eigenvalue weighted by molar-refractivity contribution is 5.77. The second-order valence-corrected chi connectivity index (χ2v) is 3.85. The van der Waals surface area contributed by atoms with Gasteiger partial charge in [-0.3, -0.25) is 0 Å². The van der Waals surface area contributed by atoms with Crippen LogP contribution in [0.15, 0.2) is 24.3 Å². The second kappa shape index (κ2) is 4.99. The monoisotopic (exact) mass is 218 g/mol. The van der Waals surface area contributed by atoms with Gasteiger partial charge in [-0.25, -0.2) is 4.98 Å². The molecule has 4 nitrogen and oxygen atoms in total. The minimum Gasteiger partial charge on any atom is -0.344 e. The first-order chi connectivity index (χ1) is 7.81. The van der Waals surface area contributed by atoms with Gasteiger partial charge in [-0.15, -0.1) is 0 Å². The van der Waals surface area contributed by atoms with Crippen molar-refractivity contribution < 1.29 is 0 Å². The number of hydrogen-bond donors (Lipinski definition) is 2. The molecule has 0 aliphatic rings. The lowest BCUT2D eigenvalue weighted by atomic mass is 10.3. The average Bonchev–Trinajstić information content (AvgIpc) is 2.73. The quantitative estimate of drug-likeness (QED) is 0.749. The van der Waals surface area contributed by atoms with Gasteiger partial charge in [0.25, 0.3) is 0 Å². The van der Waals surface area contributed by atoms with Crippen molar-refractivity contribution in [2.24, 2.45) is 0 Å². The summed E-state index contributed by atoms with van der Waals surface area (Å²) >= 11 is 0. The van der Waals surface area contributed by atoms with E-state index in [9.17, 15) is 0 Å². The highest BCUT2D eigenvalue weighted by Gasteiger charge is 2.05. The first kappa shape index (κ1) is 11.0. The number of benzene rings is 1. The van der Waals surface area contributed by atoms with Crippen molar-refractivity contribution in [2.45, 2.75) is 6.92 Å². The third-order valence-electron chi connectivity index (χ3n) is 2.61. The molecule has 0 radical (unpaired) electrons. The Bertz CT molecular complexity index is 416. The molecule has 0 aliphatic carbocycles. The highest BCUT2D eigenvalue weighted by atomic mass is 15.2. The number of rotatable bonds is 5. The van der Waals surface area contributed by atoms with Crippen LogP contribution < -0.4 is 10.2 Å². The summed E-state index contributed by atoms with van der Waals surface area (Å²) < 4.78 is 0. The average molecular weight is 218 g/mol. The number of fused-ring (bicyclic) bond motifs is 1. The summed E-state index contributed by atoms with van der Waals surface area (Å²) in [6.07, 6.45) is 0. The lowest BCUT2D eigenvalue weighted by Crippen LogP contribution is -2.29. The molecular formula is C12H18N4. The third-order valence-corrected chi connectivity index (χ3v) is 2.61. The largest absolute Gasteiger partial charge is 0.344 e. The maximum atomic E-state index is 4.53. The van der Waals surface area contributed by atoms with Crippen molar-refractivity contribution in [2.75, 3.05) is 31.6 Å². The van der Waals surface area contributed by atoms with Crippen LogP contribution in [0, 0.1) is 0 Å². The van der Waals surface area contributed by atoms with Crippen LogP contribution in [-0.2, 0) is 0 Å². The fourth-order valence-corrected chi connectivity index (χ4v) is 1.65. The first-order valence-corrected chi connectivity index (χ1v) is 5.68. The Kier molecular flexibility index (Phi) is 3.41. The number of nitrogens with zero attached hydrogens (tertiary/aromatic N) is 2. The van der Waals surface area contributed by atoms with E-state index in [0.29, 0.717) is 0 Å². The van der Waals surface area contributed by atoms with E-state index in [1.54, 1.807) is 0 Å². The van der Waals surface area contributed by atoms with Crippen LogP contribution in [0.2, 0.25) is 0 Å². The predicted octanol–water partition coefficient (Wildman–Crippen LogP) is 1.61. The van der Waals surface area contributed by atoms with Gasteiger partial charge >= 0.3 is 0 Å². The van der Waals surface area contributed by atoms with Crippen molar-refractivity contribution >= 4 is 17.0 Å². The zero-order chi connectivity index (χ0) is 11.4. The number of likely N-dealkylation sites (N-methyl/N-ethyl adjacent to an activating group) is 2. The Balaban J connectivity index is 2.07. The molecule has 4 heteroatoms. The number of anilines is 1. The van der Waals surface area contributed by atoms with Crippen molar-refractivity contribution in [1.29, 1.82) is 0 Å². The fourth-order valence-electron chi connectivity index (χ4n) is 1.65. The smallest absolute Gasteiger partial charge is 0.203 e. The van der Waals surface area contributed by atoms with Gasteiger partial charge in [0.05, 0.1) is 11.0 Å². The first-order valence-electron chi connectivity index (χ1n) is 5.68. The van der Waals surface area contributed by atoms with Crippen LogP contribution in [0.25, 0.3) is 11.0 Å². The van der Waals surface area contributed by atoms with E-state index in [-0.39, 0.29) is 0 Å². The summed E-state index contributed by atoms with van der Waals surface area (Å²) in [6.45, 7) is 5.05. The van der Waals surface area contributed by atoms with Gasteiger partial charge in [0.1, 0.15) is 0 Å². The van der Waals surface area contributed by atoms with E-state index in [2.05, 4.69) is 34.2 Å². The standard InChI is InChI=1S/C12H18N4/c1-3-13-8-9-16(2)12-14-10-6-4-5-7-11(10)15-12/h4-7,13H,3,8-9H2,1-2H3,(H,14,15). The Morgan fingerprint density at radius 1 is 1.38 bits per heavy atom. The summed E-state index contributed by atoms with van der Waals surface area (Å²) in [6, 6.07) is 8.09. The molecule has 16 heavy (non-hydrogen) atoms. The lowest BCUT2D eigenvalue weighted by molar-refractivity contribution is 0.700. The molecule has 2 aromatic rings. The molecule has 0 fully saturated rings. The maximum Gasteiger partial charge on any atom is 0.203 e. The molecule has 2 N–H and O–H groups in total. The van der Waals surface area contributed by atoms with Gasteiger partial charge < -0.3 is 15.2 Å². The van der Waals surface area contributed by atoms with E-state index >= 15 is 0 Å². The third kappa shape index (κ3) is 2.33. The molecule has 1 aromatic carbocycles. The number of aromatic amines is 1. The molecular weight excluding hydrogens is 200 g/mol. The van der Waals surface area contributed by atoms with Crippen molar-refractivity contribution in [3.8, 4) is 0 Å². The minimum absolute atomic E-state index is 0.930. The van der Waals surface area contributed by atoms with Gasteiger partial charge in [-0.1, -0.05) is 19.1 Å². The number of hydrogen-bond acceptors (Lipinski definition) is 3. The number of para-hydroxylation sites is 2. The van der Waals surface area contributed by atoms with Gasteiger partial charge in [-0.2, -0.15) is 0 Å². The number of imidazole rings is 1. The lowest BCUT2D eigenvalue weighted by Gasteiger charge is -2.15. The Labute approximate surface area is 95.7 Å². The number of H-pyrrole nitrogens is 1. The summed E-state index contributed by atoms with van der Waals surface area (Å²) in [4.78, 5) is 9.97. The molecule has 0 aliphatic heterocycles. The van der Waals surface area contributed by atoms with Gasteiger partial charge in [-0.05, 0) is 18.7 Å². The molecule has 1 heterocycles. The van der Waals surface area contributed by atoms with E-state index < -0.39 is 0 Å². The number of nitrogens with one attached hydrogen (secondary N) is 2. The Morgan fingerprint density at radius 2 is 2.19 bits per heavy atom. The van der Waals surface area contributed by atoms with Gasteiger partial charge in [0, 0.05) is 20.1 Å². The molecule has 2 rings (SSSR count). The molecule has 0 bridgehead atoms. The number of aromatic nitrogens is 2. The van der Waals surface area contributed by atoms with E-state index in [0.717, 1.165) is 36.6 Å². The van der Waals surface area contributed by atoms with Crippen molar-refractivity contribution in [3.63, 3.8) is 0 Å². The molecule has 86 valence electrons. The van der Waals surface area contributed by atoms with Gasteiger partial charge in [0.15, 0.2) is 0 Å². The van der Waals surface area contributed by atoms with Crippen molar-refractivity contribution in [3.05, 3.63) is 24.3 Å². The maximum absolute atomic E-state index is 4.53. The SMILES string of the molecule is CCNCCN(C)c1nc2ccccc2[nH]1. The van der Waals surface area contributed by atoms with Gasteiger partial charge in [0.2, 0.25) is 5.95 Å². The predicted molar refractivity (Wildman–Crippen MR) is 67.9 cm³/mol. The van der Waals surface area contributed by atoms with Crippen LogP contribution >= 0.6 is 0 Å². The second-order valence-electron chi connectivity index (χ2n) is 3.85. The highest BCUT2D eigenvalue weighted by Crippen LogP contribution is 2.15. The molecule has 0 atom stereocenters. The zero-order valence-corrected chi connectivity index (χ0v) is 9.83. The molecule has 0 unspecified atom stereocenters. The van der Waals surface area contributed by atoms with Crippen LogP contribution in [-0.4, -0.2) is 36.6 Å². The molecule has 0 amide bonds. The topological polar surface area (TPSA) is 44.0 Å². The van der Waals surface area contributed by atoms with Crippen LogP contribution in [0.4, 0.5) is 5.95 Å². The van der Waals surface area contributed by atoms with E-state index in [4.69, 9.17) is 0 Å². The summed E-state index contributed by atoms with van der Waals surface area (Å²) in [5.41, 5.74) is 2.11. The summed E-state index contributed by atoms with van der Waals surface area (Å²) in [7, 11) is 2.05. The van der Waals surface area contributed by atoms with Crippen LogP contribution in [0.1, 0.15) is 6.92 Å². The van der Waals surface area contributed by atoms with E-state index in [1.807, 2.05) is 24.3 Å². The Morgan fingerprint density at radius 3 is 2.94 bits per heavy atom.